The first-order chi connectivity index (χ1) is 7.50. The minimum Gasteiger partial charge on any atom is -0.493 e. The van der Waals surface area contributed by atoms with E-state index in [1.807, 2.05) is 0 Å². The Kier molecular flexibility index (Phi) is 2.26. The quantitative estimate of drug-likeness (QED) is 0.751. The summed E-state index contributed by atoms with van der Waals surface area (Å²) in [7, 11) is 0. The minimum absolute atomic E-state index is 0.190. The Morgan fingerprint density at radius 2 is 2.00 bits per heavy atom. The molecule has 0 aliphatic rings. The molecular weight excluding hydrogens is 210 g/mol. The van der Waals surface area contributed by atoms with Crippen molar-refractivity contribution in [3.8, 4) is 17.3 Å². The first-order valence-corrected chi connectivity index (χ1v) is 4.74. The molecule has 0 aromatic carbocycles. The second kappa shape index (κ2) is 3.48. The number of hydrogen-bond acceptors (Lipinski definition) is 5. The molecule has 2 N–H and O–H groups in total. The van der Waals surface area contributed by atoms with Crippen LogP contribution in [-0.2, 0) is 0 Å². The number of hydrogen-bond donors (Lipinski definition) is 2. The van der Waals surface area contributed by atoms with E-state index in [0.29, 0.717) is 17.0 Å². The number of H-pyrrole nitrogens is 1. The highest BCUT2D eigenvalue weighted by atomic mass is 16.5. The van der Waals surface area contributed by atoms with Gasteiger partial charge in [-0.2, -0.15) is 4.98 Å². The number of aromatic hydroxyl groups is 1. The molecular formula is C10H11N3O3. The summed E-state index contributed by atoms with van der Waals surface area (Å²) < 4.78 is 4.97. The average Bonchev–Trinajstić information content (AvgIpc) is 2.54. The molecule has 2 aromatic heterocycles. The van der Waals surface area contributed by atoms with Crippen molar-refractivity contribution in [3.63, 3.8) is 0 Å². The third-order valence-corrected chi connectivity index (χ3v) is 2.40. The van der Waals surface area contributed by atoms with Crippen molar-refractivity contribution in [2.45, 2.75) is 20.8 Å². The molecule has 0 spiro atoms. The molecule has 0 saturated heterocycles. The van der Waals surface area contributed by atoms with Gasteiger partial charge in [-0.05, 0) is 20.8 Å². The third-order valence-electron chi connectivity index (χ3n) is 2.40. The Hall–Kier alpha value is -2.11. The van der Waals surface area contributed by atoms with Gasteiger partial charge >= 0.3 is 0 Å². The molecule has 0 atom stereocenters. The predicted molar refractivity (Wildman–Crippen MR) is 56.2 cm³/mol. The van der Waals surface area contributed by atoms with Gasteiger partial charge < -0.3 is 14.6 Å². The average molecular weight is 221 g/mol. The molecule has 0 unspecified atom stereocenters. The lowest BCUT2D eigenvalue weighted by molar-refractivity contribution is 0.393. The molecule has 0 radical (unpaired) electrons. The summed E-state index contributed by atoms with van der Waals surface area (Å²) in [4.78, 5) is 17.9. The van der Waals surface area contributed by atoms with Gasteiger partial charge in [0.25, 0.3) is 5.56 Å². The van der Waals surface area contributed by atoms with Gasteiger partial charge in [-0.25, -0.2) is 0 Å². The van der Waals surface area contributed by atoms with E-state index in [-0.39, 0.29) is 22.8 Å². The molecule has 6 heteroatoms. The molecule has 84 valence electrons. The number of rotatable bonds is 1. The summed E-state index contributed by atoms with van der Waals surface area (Å²) >= 11 is 0. The lowest BCUT2D eigenvalue weighted by atomic mass is 10.2. The van der Waals surface area contributed by atoms with Crippen LogP contribution in [-0.4, -0.2) is 20.2 Å². The monoisotopic (exact) mass is 221 g/mol. The van der Waals surface area contributed by atoms with Crippen LogP contribution in [0.2, 0.25) is 0 Å². The fourth-order valence-corrected chi connectivity index (χ4v) is 1.46. The molecule has 6 nitrogen and oxygen atoms in total. The van der Waals surface area contributed by atoms with Gasteiger partial charge in [0.1, 0.15) is 11.6 Å². The predicted octanol–water partition coefficient (Wildman–Crippen LogP) is 1.06. The molecule has 0 saturated carbocycles. The fourth-order valence-electron chi connectivity index (χ4n) is 1.46. The minimum atomic E-state index is -0.373. The van der Waals surface area contributed by atoms with E-state index in [1.165, 1.54) is 6.92 Å². The van der Waals surface area contributed by atoms with Crippen LogP contribution in [0.1, 0.15) is 17.0 Å². The number of nitrogens with zero attached hydrogens (tertiary/aromatic N) is 2. The van der Waals surface area contributed by atoms with Gasteiger partial charge in [-0.15, -0.1) is 0 Å². The van der Waals surface area contributed by atoms with Gasteiger partial charge in [-0.3, -0.25) is 4.79 Å². The smallest absolute Gasteiger partial charge is 0.257 e. The van der Waals surface area contributed by atoms with E-state index >= 15 is 0 Å². The van der Waals surface area contributed by atoms with Gasteiger partial charge in [0.15, 0.2) is 0 Å². The highest BCUT2D eigenvalue weighted by Crippen LogP contribution is 2.24. The Morgan fingerprint density at radius 3 is 2.50 bits per heavy atom. The first-order valence-electron chi connectivity index (χ1n) is 4.74. The Morgan fingerprint density at radius 1 is 1.31 bits per heavy atom. The van der Waals surface area contributed by atoms with Crippen LogP contribution in [0, 0.1) is 20.8 Å². The molecule has 0 aliphatic carbocycles. The summed E-state index contributed by atoms with van der Waals surface area (Å²) in [5.74, 6) is 0.534. The summed E-state index contributed by atoms with van der Waals surface area (Å²) in [6.45, 7) is 4.95. The summed E-state index contributed by atoms with van der Waals surface area (Å²) in [6.07, 6.45) is 0. The molecule has 0 amide bonds. The maximum Gasteiger partial charge on any atom is 0.257 e. The largest absolute Gasteiger partial charge is 0.493 e. The van der Waals surface area contributed by atoms with Gasteiger partial charge in [-0.1, -0.05) is 5.16 Å². The van der Waals surface area contributed by atoms with Crippen LogP contribution >= 0.6 is 0 Å². The zero-order valence-electron chi connectivity index (χ0n) is 9.16. The maximum absolute atomic E-state index is 11.5. The standard InChI is InChI=1S/C10H11N3O3/c1-4-9(14)11-8(12-10(4)15)7-5(2)13-16-6(7)3/h1-3H3,(H2,11,12,14,15). The zero-order valence-corrected chi connectivity index (χ0v) is 9.16. The van der Waals surface area contributed by atoms with Crippen LogP contribution < -0.4 is 5.56 Å². The Bertz CT molecular complexity index is 578. The van der Waals surface area contributed by atoms with E-state index in [9.17, 15) is 9.90 Å². The maximum atomic E-state index is 11.5. The van der Waals surface area contributed by atoms with Crippen LogP contribution in [0.25, 0.3) is 11.4 Å². The SMILES string of the molecule is Cc1noc(C)c1-c1nc(O)c(C)c(=O)[nH]1. The summed E-state index contributed by atoms with van der Waals surface area (Å²) in [5, 5.41) is 13.2. The fraction of sp³-hybridized carbons (Fsp3) is 0.300. The lowest BCUT2D eigenvalue weighted by Crippen LogP contribution is -2.12. The second-order valence-corrected chi connectivity index (χ2v) is 3.56. The van der Waals surface area contributed by atoms with Crippen LogP contribution in [0.15, 0.2) is 9.32 Å². The van der Waals surface area contributed by atoms with Crippen molar-refractivity contribution in [1.82, 2.24) is 15.1 Å². The first kappa shape index (κ1) is 10.4. The second-order valence-electron chi connectivity index (χ2n) is 3.56. The number of aryl methyl sites for hydroxylation is 2. The van der Waals surface area contributed by atoms with Crippen LogP contribution in [0.5, 0.6) is 5.88 Å². The third kappa shape index (κ3) is 1.48. The van der Waals surface area contributed by atoms with Crippen molar-refractivity contribution < 1.29 is 9.63 Å². The van der Waals surface area contributed by atoms with Crippen molar-refractivity contribution >= 4 is 0 Å². The highest BCUT2D eigenvalue weighted by Gasteiger charge is 2.16. The van der Waals surface area contributed by atoms with Gasteiger partial charge in [0.2, 0.25) is 5.88 Å². The number of nitrogens with one attached hydrogen (secondary N) is 1. The molecule has 2 rings (SSSR count). The van der Waals surface area contributed by atoms with Crippen LogP contribution in [0.3, 0.4) is 0 Å². The van der Waals surface area contributed by atoms with Crippen LogP contribution in [0.4, 0.5) is 0 Å². The van der Waals surface area contributed by atoms with E-state index < -0.39 is 0 Å². The summed E-state index contributed by atoms with van der Waals surface area (Å²) in [6, 6.07) is 0. The molecule has 2 heterocycles. The van der Waals surface area contributed by atoms with Gasteiger partial charge in [0.05, 0.1) is 16.8 Å². The lowest BCUT2D eigenvalue weighted by Gasteiger charge is -2.01. The zero-order chi connectivity index (χ0) is 11.9. The van der Waals surface area contributed by atoms with Crippen molar-refractivity contribution in [1.29, 1.82) is 0 Å². The Labute approximate surface area is 90.9 Å². The molecule has 0 bridgehead atoms. The molecule has 0 fully saturated rings. The van der Waals surface area contributed by atoms with E-state index in [0.717, 1.165) is 0 Å². The van der Waals surface area contributed by atoms with Gasteiger partial charge in [0, 0.05) is 0 Å². The molecule has 0 aliphatic heterocycles. The topological polar surface area (TPSA) is 92.0 Å². The van der Waals surface area contributed by atoms with Crippen molar-refractivity contribution in [2.24, 2.45) is 0 Å². The van der Waals surface area contributed by atoms with E-state index in [2.05, 4.69) is 15.1 Å². The molecule has 2 aromatic rings. The number of aromatic nitrogens is 3. The van der Waals surface area contributed by atoms with E-state index in [4.69, 9.17) is 4.52 Å². The summed E-state index contributed by atoms with van der Waals surface area (Å²) in [5.41, 5.74) is 1.04. The Balaban J connectivity index is 2.71. The highest BCUT2D eigenvalue weighted by molar-refractivity contribution is 5.60. The van der Waals surface area contributed by atoms with Crippen molar-refractivity contribution in [2.75, 3.05) is 0 Å². The number of aromatic amines is 1. The normalized spacial score (nSPS) is 10.7. The molecule has 16 heavy (non-hydrogen) atoms. The van der Waals surface area contributed by atoms with Crippen molar-refractivity contribution in [3.05, 3.63) is 27.4 Å². The van der Waals surface area contributed by atoms with E-state index in [1.54, 1.807) is 13.8 Å².